The topological polar surface area (TPSA) is 206 Å². The fourth-order valence-electron chi connectivity index (χ4n) is 15.8. The number of benzene rings is 5. The number of nitrogen functional groups attached to an aromatic ring is 1. The van der Waals surface area contributed by atoms with E-state index in [0.29, 0.717) is 62.6 Å². The van der Waals surface area contributed by atoms with Gasteiger partial charge in [-0.25, -0.2) is 14.4 Å². The van der Waals surface area contributed by atoms with Crippen LogP contribution in [0, 0.1) is 35.9 Å². The predicted octanol–water partition coefficient (Wildman–Crippen LogP) is 17.3. The lowest BCUT2D eigenvalue weighted by atomic mass is 9.60. The van der Waals surface area contributed by atoms with Gasteiger partial charge in [0.25, 0.3) is 0 Å². The van der Waals surface area contributed by atoms with Crippen LogP contribution < -0.4 is 41.4 Å². The molecular formula is C81H97Cl3FN13O4. The van der Waals surface area contributed by atoms with Crippen molar-refractivity contribution >= 4 is 75.2 Å². The normalized spacial score (nSPS) is 18.8. The van der Waals surface area contributed by atoms with Gasteiger partial charge in [-0.15, -0.1) is 0 Å². The minimum absolute atomic E-state index is 0.0509. The molecule has 0 amide bonds. The number of ether oxygens (including phenoxy) is 3. The highest BCUT2D eigenvalue weighted by Gasteiger charge is 2.51. The summed E-state index contributed by atoms with van der Waals surface area (Å²) in [6, 6.07) is 30.9. The van der Waals surface area contributed by atoms with Crippen LogP contribution in [0.25, 0.3) is 11.1 Å². The highest BCUT2D eigenvalue weighted by molar-refractivity contribution is 6.36. The molecule has 3 atom stereocenters. The molecule has 17 nitrogen and oxygen atoms in total. The number of nitrogens with one attached hydrogen (secondary N) is 4. The predicted molar refractivity (Wildman–Crippen MR) is 409 cm³/mol. The molecule has 538 valence electrons. The number of para-hydroxylation sites is 1. The van der Waals surface area contributed by atoms with Crippen molar-refractivity contribution in [1.29, 1.82) is 5.26 Å². The first-order chi connectivity index (χ1) is 49.1. The number of nitriles is 1. The molecule has 0 radical (unpaired) electrons. The summed E-state index contributed by atoms with van der Waals surface area (Å²) in [6.45, 7) is 29.3. The third-order valence-corrected chi connectivity index (χ3v) is 22.3. The smallest absolute Gasteiger partial charge is 0.229 e. The Morgan fingerprint density at radius 3 is 2.23 bits per heavy atom. The molecule has 2 unspecified atom stereocenters. The summed E-state index contributed by atoms with van der Waals surface area (Å²) in [7, 11) is 0. The molecule has 0 saturated carbocycles. The number of carbonyl (C=O) groups excluding carboxylic acids is 1. The average Bonchev–Trinajstić information content (AvgIpc) is 1.49. The number of anilines is 6. The quantitative estimate of drug-likeness (QED) is 0.0538. The number of fused-ring (bicyclic) bond motifs is 4. The Bertz CT molecular complexity index is 4320. The second-order valence-electron chi connectivity index (χ2n) is 29.3. The maximum absolute atomic E-state index is 14.0. The fraction of sp³-hybridized carbons (Fsp3) is 0.457. The number of Topliss-reactive ketones (excluding diaryl/α,β-unsaturated/α-hetero) is 1. The molecule has 6 N–H and O–H groups in total. The van der Waals surface area contributed by atoms with Gasteiger partial charge in [-0.3, -0.25) is 14.4 Å². The Hall–Kier alpha value is -7.86. The van der Waals surface area contributed by atoms with Crippen LogP contribution in [0.2, 0.25) is 15.1 Å². The van der Waals surface area contributed by atoms with Gasteiger partial charge in [-0.1, -0.05) is 93.7 Å². The van der Waals surface area contributed by atoms with Crippen molar-refractivity contribution in [2.24, 2.45) is 11.8 Å². The van der Waals surface area contributed by atoms with Gasteiger partial charge in [0.05, 0.1) is 66.0 Å². The van der Waals surface area contributed by atoms with Gasteiger partial charge in [-0.2, -0.15) is 15.3 Å². The molecule has 0 bridgehead atoms. The number of halogens is 4. The summed E-state index contributed by atoms with van der Waals surface area (Å²) in [5, 5.41) is 28.3. The van der Waals surface area contributed by atoms with Gasteiger partial charge in [0.1, 0.15) is 22.7 Å². The van der Waals surface area contributed by atoms with E-state index in [-0.39, 0.29) is 40.0 Å². The van der Waals surface area contributed by atoms with E-state index in [4.69, 9.17) is 59.7 Å². The Morgan fingerprint density at radius 1 is 0.775 bits per heavy atom. The monoisotopic (exact) mass is 1440 g/mol. The largest absolute Gasteiger partial charge is 0.489 e. The van der Waals surface area contributed by atoms with E-state index in [9.17, 15) is 14.4 Å². The number of nitrogens with two attached hydrogens (primary N) is 1. The Balaban J connectivity index is 0.000000145. The van der Waals surface area contributed by atoms with Crippen LogP contribution in [-0.4, -0.2) is 113 Å². The lowest BCUT2D eigenvalue weighted by molar-refractivity contribution is 0.0115. The zero-order chi connectivity index (χ0) is 71.9. The van der Waals surface area contributed by atoms with Crippen LogP contribution in [0.15, 0.2) is 110 Å². The zero-order valence-electron chi connectivity index (χ0n) is 60.2. The molecule has 14 rings (SSSR count). The average molecular weight is 1440 g/mol. The van der Waals surface area contributed by atoms with Crippen LogP contribution in [0.3, 0.4) is 0 Å². The van der Waals surface area contributed by atoms with Crippen LogP contribution >= 0.6 is 34.8 Å². The van der Waals surface area contributed by atoms with E-state index < -0.39 is 11.9 Å². The Kier molecular flexibility index (Phi) is 23.8. The van der Waals surface area contributed by atoms with Crippen molar-refractivity contribution in [3.8, 4) is 28.7 Å². The van der Waals surface area contributed by atoms with Gasteiger partial charge >= 0.3 is 0 Å². The minimum Gasteiger partial charge on any atom is -0.489 e. The number of hydrogen-bond acceptors (Lipinski definition) is 16. The molecule has 4 fully saturated rings. The van der Waals surface area contributed by atoms with Gasteiger partial charge in [0.15, 0.2) is 23.2 Å². The molecule has 2 aliphatic carbocycles. The second-order valence-corrected chi connectivity index (χ2v) is 30.4. The number of morpholine rings is 1. The van der Waals surface area contributed by atoms with Crippen molar-refractivity contribution in [2.75, 3.05) is 86.8 Å². The third-order valence-electron chi connectivity index (χ3n) is 21.3. The SMILES string of the molecule is CCc1cc2c(cc1N1CCC(N3CCOCC3)CC1)C(C)(C)C1Cc3cc(C#N)ccc3C1C2=O.C[C@@H](Oc1cc(-c2cnn(C3CCNCC3)c2)cnc1N)c1c(Cl)ccc(F)c1Cl.Cc1cc(Nc2ncc(Cl)c(Nc3ccccc3CC(C)C)n2)c(OC(C)C)cc1C1CCNCC1. The van der Waals surface area contributed by atoms with E-state index in [1.54, 1.807) is 25.4 Å². The highest BCUT2D eigenvalue weighted by atomic mass is 35.5. The first-order valence-corrected chi connectivity index (χ1v) is 37.6. The lowest BCUT2D eigenvalue weighted by Crippen LogP contribution is -2.49. The molecule has 4 aliphatic heterocycles. The number of aryl methyl sites for hydroxylation is 2. The number of pyridine rings is 1. The number of piperidine rings is 3. The van der Waals surface area contributed by atoms with Crippen LogP contribution in [-0.2, 0) is 29.4 Å². The molecule has 5 aromatic carbocycles. The molecule has 7 heterocycles. The number of aromatic nitrogens is 5. The minimum atomic E-state index is -0.627. The van der Waals surface area contributed by atoms with E-state index in [0.717, 1.165) is 150 Å². The molecule has 21 heteroatoms. The molecule has 0 spiro atoms. The van der Waals surface area contributed by atoms with E-state index >= 15 is 0 Å². The Labute approximate surface area is 615 Å². The van der Waals surface area contributed by atoms with E-state index in [1.807, 2.05) is 55.2 Å². The van der Waals surface area contributed by atoms with Gasteiger partial charge < -0.3 is 46.1 Å². The van der Waals surface area contributed by atoms with Crippen LogP contribution in [0.4, 0.5) is 39.0 Å². The summed E-state index contributed by atoms with van der Waals surface area (Å²) in [5.74, 6) is 3.37. The van der Waals surface area contributed by atoms with Crippen LogP contribution in [0.5, 0.6) is 11.5 Å². The molecule has 8 aromatic rings. The van der Waals surface area contributed by atoms with Gasteiger partial charge in [0.2, 0.25) is 5.95 Å². The van der Waals surface area contributed by atoms with Crippen molar-refractivity contribution in [3.05, 3.63) is 186 Å². The van der Waals surface area contributed by atoms with Crippen molar-refractivity contribution in [1.82, 2.24) is 40.3 Å². The molecule has 102 heavy (non-hydrogen) atoms. The summed E-state index contributed by atoms with van der Waals surface area (Å²) in [5.41, 5.74) is 21.4. The zero-order valence-corrected chi connectivity index (χ0v) is 62.5. The first kappa shape index (κ1) is 73.9. The standard InChI is InChI=1S/C31H37N3O2.C29H38ClN5O.C21H22Cl2FN5O/c1-4-21-16-25-26(18-28(21)34-9-7-23(8-10-34)33-11-13-36-14-12-33)31(2,3)27-17-22-15-20(19-32)5-6-24(22)29(27)30(25)35;1-18(2)14-22-8-6-7-9-25(22)33-28-24(30)17-32-29(35-28)34-26-15-20(5)23(16-27(26)36-19(3)4)21-10-12-31-13-11-21;1-12(19-16(22)2-3-17(24)20(19)23)30-18-8-13(9-27-21(18)25)14-10-28-29(11-14)15-4-6-26-7-5-15/h5-6,15-16,18,23,27,29H,4,7-14,17H2,1-3H3;6-9,15-19,21,31H,10-14H2,1-5H3,(H2,32,33,34,35);2-3,8-12,15,26H,4-7H2,1H3,(H2,25,27)/t;;12-/m..1/s1. The third kappa shape index (κ3) is 16.7. The van der Waals surface area contributed by atoms with Gasteiger partial charge in [-0.05, 0) is 234 Å². The number of ketones is 1. The Morgan fingerprint density at radius 2 is 1.51 bits per heavy atom. The van der Waals surface area contributed by atoms with Crippen LogP contribution in [0.1, 0.15) is 178 Å². The number of nitrogens with zero attached hydrogens (tertiary/aromatic N) is 8. The van der Waals surface area contributed by atoms with Gasteiger partial charge in [0, 0.05) is 83.3 Å². The summed E-state index contributed by atoms with van der Waals surface area (Å²) in [4.78, 5) is 32.6. The van der Waals surface area contributed by atoms with E-state index in [2.05, 4.69) is 136 Å². The summed E-state index contributed by atoms with van der Waals surface area (Å²) in [6.07, 6.45) is 16.0. The van der Waals surface area contributed by atoms with Crippen molar-refractivity contribution < 1.29 is 23.4 Å². The van der Waals surface area contributed by atoms with Crippen molar-refractivity contribution in [3.63, 3.8) is 0 Å². The lowest BCUT2D eigenvalue weighted by Gasteiger charge is -2.44. The summed E-state index contributed by atoms with van der Waals surface area (Å²) >= 11 is 18.8. The summed E-state index contributed by atoms with van der Waals surface area (Å²) < 4.78 is 33.7. The number of rotatable bonds is 17. The molecule has 3 aromatic heterocycles. The first-order valence-electron chi connectivity index (χ1n) is 36.4. The highest BCUT2D eigenvalue weighted by Crippen LogP contribution is 2.55. The maximum Gasteiger partial charge on any atom is 0.229 e. The molecule has 4 saturated heterocycles. The molecule has 6 aliphatic rings. The second kappa shape index (κ2) is 32.9. The van der Waals surface area contributed by atoms with Crippen molar-refractivity contribution in [2.45, 2.75) is 162 Å². The number of hydrogen-bond donors (Lipinski definition) is 5. The number of carbonyl (C=O) groups is 1. The maximum atomic E-state index is 14.0. The van der Waals surface area contributed by atoms with E-state index in [1.165, 1.54) is 64.0 Å². The fourth-order valence-corrected chi connectivity index (χ4v) is 16.6. The molecular weight excluding hydrogens is 1340 g/mol.